The summed E-state index contributed by atoms with van der Waals surface area (Å²) in [6, 6.07) is 20.3. The number of amides is 1. The Morgan fingerprint density at radius 2 is 1.75 bits per heavy atom. The van der Waals surface area contributed by atoms with E-state index in [4.69, 9.17) is 21.1 Å². The molecule has 0 aliphatic carbocycles. The van der Waals surface area contributed by atoms with Crippen LogP contribution in [0.3, 0.4) is 0 Å². The van der Waals surface area contributed by atoms with Gasteiger partial charge in [-0.15, -0.1) is 0 Å². The molecule has 3 aromatic rings. The van der Waals surface area contributed by atoms with Crippen LogP contribution in [0.15, 0.2) is 66.7 Å². The van der Waals surface area contributed by atoms with Crippen molar-refractivity contribution in [3.05, 3.63) is 88.4 Å². The molecule has 32 heavy (non-hydrogen) atoms. The Morgan fingerprint density at radius 3 is 2.44 bits per heavy atom. The van der Waals surface area contributed by atoms with Crippen LogP contribution in [0.5, 0.6) is 5.75 Å². The fourth-order valence-corrected chi connectivity index (χ4v) is 3.30. The van der Waals surface area contributed by atoms with Gasteiger partial charge in [0.2, 0.25) is 5.91 Å². The molecule has 3 rings (SSSR count). The third-order valence-electron chi connectivity index (χ3n) is 4.58. The van der Waals surface area contributed by atoms with Crippen LogP contribution in [0.1, 0.15) is 35.3 Å². The van der Waals surface area contributed by atoms with Gasteiger partial charge < -0.3 is 20.1 Å². The van der Waals surface area contributed by atoms with Gasteiger partial charge in [0.25, 0.3) is 0 Å². The number of hydrogen-bond acceptors (Lipinski definition) is 5. The number of anilines is 2. The van der Waals surface area contributed by atoms with Crippen molar-refractivity contribution < 1.29 is 19.1 Å². The van der Waals surface area contributed by atoms with E-state index in [-0.39, 0.29) is 12.5 Å². The summed E-state index contributed by atoms with van der Waals surface area (Å²) in [7, 11) is 0. The van der Waals surface area contributed by atoms with Gasteiger partial charge in [-0.3, -0.25) is 4.79 Å². The summed E-state index contributed by atoms with van der Waals surface area (Å²) >= 11 is 6.49. The lowest BCUT2D eigenvalue weighted by Gasteiger charge is -2.15. The molecule has 0 heterocycles. The molecule has 0 unspecified atom stereocenters. The summed E-state index contributed by atoms with van der Waals surface area (Å²) in [5.74, 6) is 0.157. The lowest BCUT2D eigenvalue weighted by Crippen LogP contribution is -2.12. The van der Waals surface area contributed by atoms with E-state index in [0.717, 1.165) is 16.9 Å². The van der Waals surface area contributed by atoms with Crippen LogP contribution in [0.4, 0.5) is 11.4 Å². The van der Waals surface area contributed by atoms with Crippen LogP contribution in [0, 0.1) is 0 Å². The first-order valence-electron chi connectivity index (χ1n) is 10.2. The molecule has 0 fully saturated rings. The van der Waals surface area contributed by atoms with Gasteiger partial charge in [0, 0.05) is 18.5 Å². The molecular formula is C25H25ClN2O4. The molecule has 0 bridgehead atoms. The highest BCUT2D eigenvalue weighted by Gasteiger charge is 2.12. The highest BCUT2D eigenvalue weighted by atomic mass is 35.5. The highest BCUT2D eigenvalue weighted by molar-refractivity contribution is 6.31. The van der Waals surface area contributed by atoms with Crippen LogP contribution in [-0.2, 0) is 22.7 Å². The molecule has 0 aliphatic heterocycles. The van der Waals surface area contributed by atoms with Crippen molar-refractivity contribution in [2.75, 3.05) is 17.2 Å². The van der Waals surface area contributed by atoms with Crippen LogP contribution in [0.2, 0.25) is 5.02 Å². The number of carbonyl (C=O) groups is 2. The van der Waals surface area contributed by atoms with E-state index in [9.17, 15) is 9.59 Å². The number of halogens is 1. The Morgan fingerprint density at radius 1 is 0.969 bits per heavy atom. The van der Waals surface area contributed by atoms with Crippen molar-refractivity contribution in [1.82, 2.24) is 0 Å². The van der Waals surface area contributed by atoms with Gasteiger partial charge in [-0.2, -0.15) is 0 Å². The smallest absolute Gasteiger partial charge is 0.338 e. The van der Waals surface area contributed by atoms with E-state index < -0.39 is 5.97 Å². The number of rotatable bonds is 9. The Labute approximate surface area is 192 Å². The molecule has 0 spiro atoms. The molecule has 0 saturated carbocycles. The predicted octanol–water partition coefficient (Wildman–Crippen LogP) is 5.67. The summed E-state index contributed by atoms with van der Waals surface area (Å²) in [6.07, 6.45) is 0. The average molecular weight is 453 g/mol. The summed E-state index contributed by atoms with van der Waals surface area (Å²) in [5, 5.41) is 6.60. The number of benzene rings is 3. The minimum atomic E-state index is -0.425. The van der Waals surface area contributed by atoms with E-state index in [1.54, 1.807) is 25.1 Å². The lowest BCUT2D eigenvalue weighted by atomic mass is 10.1. The van der Waals surface area contributed by atoms with Crippen LogP contribution < -0.4 is 15.4 Å². The van der Waals surface area contributed by atoms with Gasteiger partial charge >= 0.3 is 5.97 Å². The second-order valence-electron chi connectivity index (χ2n) is 7.04. The van der Waals surface area contributed by atoms with E-state index in [2.05, 4.69) is 10.6 Å². The van der Waals surface area contributed by atoms with E-state index in [1.165, 1.54) is 6.92 Å². The van der Waals surface area contributed by atoms with Crippen molar-refractivity contribution in [3.8, 4) is 5.75 Å². The first-order chi connectivity index (χ1) is 15.5. The van der Waals surface area contributed by atoms with Gasteiger partial charge in [-0.1, -0.05) is 41.9 Å². The average Bonchev–Trinajstić information content (AvgIpc) is 2.78. The number of para-hydroxylation sites is 1. The molecular weight excluding hydrogens is 428 g/mol. The number of nitrogens with one attached hydrogen (secondary N) is 2. The van der Waals surface area contributed by atoms with Gasteiger partial charge in [-0.25, -0.2) is 4.79 Å². The zero-order chi connectivity index (χ0) is 22.9. The van der Waals surface area contributed by atoms with E-state index >= 15 is 0 Å². The first kappa shape index (κ1) is 23.2. The zero-order valence-electron chi connectivity index (χ0n) is 18.0. The second-order valence-corrected chi connectivity index (χ2v) is 7.45. The standard InChI is InChI=1S/C25H25ClN2O4/c1-3-31-25(30)19-11-12-23(28-17(2)29)24(14-19)27-15-20-10-9-18(13-22(20)26)16-32-21-7-5-4-6-8-21/h4-14,27H,3,15-16H2,1-2H3,(H,28,29). The fraction of sp³-hybridized carbons (Fsp3) is 0.200. The van der Waals surface area contributed by atoms with E-state index in [0.29, 0.717) is 35.1 Å². The maximum absolute atomic E-state index is 12.1. The molecule has 0 radical (unpaired) electrons. The van der Waals surface area contributed by atoms with Crippen LogP contribution in [0.25, 0.3) is 0 Å². The maximum Gasteiger partial charge on any atom is 0.338 e. The van der Waals surface area contributed by atoms with Crippen molar-refractivity contribution >= 4 is 34.9 Å². The SMILES string of the molecule is CCOC(=O)c1ccc(NC(C)=O)c(NCc2ccc(COc3ccccc3)cc2Cl)c1. The van der Waals surface area contributed by atoms with Crippen LogP contribution >= 0.6 is 11.6 Å². The molecule has 166 valence electrons. The minimum absolute atomic E-state index is 0.210. The topological polar surface area (TPSA) is 76.7 Å². The second kappa shape index (κ2) is 11.2. The van der Waals surface area contributed by atoms with Crippen molar-refractivity contribution in [2.45, 2.75) is 27.0 Å². The number of carbonyl (C=O) groups excluding carboxylic acids is 2. The van der Waals surface area contributed by atoms with Crippen LogP contribution in [-0.4, -0.2) is 18.5 Å². The summed E-state index contributed by atoms with van der Waals surface area (Å²) < 4.78 is 10.8. The number of ether oxygens (including phenoxy) is 2. The van der Waals surface area contributed by atoms with Crippen molar-refractivity contribution in [3.63, 3.8) is 0 Å². The molecule has 0 saturated heterocycles. The summed E-state index contributed by atoms with van der Waals surface area (Å²) in [4.78, 5) is 23.6. The first-order valence-corrected chi connectivity index (χ1v) is 10.6. The normalized spacial score (nSPS) is 10.3. The maximum atomic E-state index is 12.1. The third-order valence-corrected chi connectivity index (χ3v) is 4.93. The van der Waals surface area contributed by atoms with Gasteiger partial charge in [-0.05, 0) is 54.4 Å². The molecule has 2 N–H and O–H groups in total. The molecule has 0 aliphatic rings. The van der Waals surface area contributed by atoms with E-state index in [1.807, 2.05) is 48.5 Å². The minimum Gasteiger partial charge on any atom is -0.489 e. The molecule has 6 nitrogen and oxygen atoms in total. The zero-order valence-corrected chi connectivity index (χ0v) is 18.7. The van der Waals surface area contributed by atoms with Crippen molar-refractivity contribution in [2.24, 2.45) is 0 Å². The summed E-state index contributed by atoms with van der Waals surface area (Å²) in [5.41, 5.74) is 3.37. The molecule has 0 atom stereocenters. The lowest BCUT2D eigenvalue weighted by molar-refractivity contribution is -0.114. The third kappa shape index (κ3) is 6.49. The largest absolute Gasteiger partial charge is 0.489 e. The Hall–Kier alpha value is -3.51. The predicted molar refractivity (Wildman–Crippen MR) is 126 cm³/mol. The van der Waals surface area contributed by atoms with Gasteiger partial charge in [0.1, 0.15) is 12.4 Å². The Bertz CT molecular complexity index is 1090. The van der Waals surface area contributed by atoms with Crippen molar-refractivity contribution in [1.29, 1.82) is 0 Å². The fourth-order valence-electron chi connectivity index (χ4n) is 3.03. The molecule has 3 aromatic carbocycles. The quantitative estimate of drug-likeness (QED) is 0.409. The number of esters is 1. The molecule has 7 heteroatoms. The monoisotopic (exact) mass is 452 g/mol. The van der Waals surface area contributed by atoms with Gasteiger partial charge in [0.05, 0.1) is 23.5 Å². The molecule has 0 aromatic heterocycles. The Balaban J connectivity index is 1.71. The highest BCUT2D eigenvalue weighted by Crippen LogP contribution is 2.26. The Kier molecular flexibility index (Phi) is 8.11. The summed E-state index contributed by atoms with van der Waals surface area (Å²) in [6.45, 7) is 4.27. The number of hydrogen-bond donors (Lipinski definition) is 2. The van der Waals surface area contributed by atoms with Gasteiger partial charge in [0.15, 0.2) is 0 Å². The molecule has 1 amide bonds.